The zero-order valence-corrected chi connectivity index (χ0v) is 11.2. The smallest absolute Gasteiger partial charge is 0.330 e. The number of likely N-dealkylation sites (tertiary alicyclic amines) is 1. The third-order valence-electron chi connectivity index (χ3n) is 3.48. The Morgan fingerprint density at radius 3 is 2.55 bits per heavy atom. The van der Waals surface area contributed by atoms with Gasteiger partial charge in [-0.2, -0.15) is 0 Å². The molecule has 8 nitrogen and oxygen atoms in total. The average molecular weight is 281 g/mol. The molecule has 1 aliphatic heterocycles. The fourth-order valence-corrected chi connectivity index (χ4v) is 2.38. The van der Waals surface area contributed by atoms with Gasteiger partial charge < -0.3 is 14.6 Å². The molecule has 1 aliphatic rings. The fraction of sp³-hybridized carbons (Fsp3) is 0.500. The highest BCUT2D eigenvalue weighted by Crippen LogP contribution is 2.19. The zero-order valence-electron chi connectivity index (χ0n) is 11.2. The molecule has 1 aromatic rings. The molecular formula is C12H15N3O5. The molecule has 0 aromatic carbocycles. The number of carbonyl (C=O) groups is 2. The number of hydrogen-bond acceptors (Lipinski definition) is 4. The van der Waals surface area contributed by atoms with Gasteiger partial charge in [0.25, 0.3) is 11.5 Å². The predicted molar refractivity (Wildman–Crippen MR) is 68.6 cm³/mol. The second kappa shape index (κ2) is 4.95. The van der Waals surface area contributed by atoms with Crippen LogP contribution in [0.4, 0.5) is 0 Å². The Hall–Kier alpha value is -2.38. The molecule has 1 unspecified atom stereocenters. The molecule has 1 N–H and O–H groups in total. The molecule has 108 valence electrons. The highest BCUT2D eigenvalue weighted by Gasteiger charge is 2.35. The summed E-state index contributed by atoms with van der Waals surface area (Å²) < 4.78 is 1.96. The van der Waals surface area contributed by atoms with Crippen LogP contribution in [-0.2, 0) is 18.9 Å². The Kier molecular flexibility index (Phi) is 3.47. The van der Waals surface area contributed by atoms with E-state index in [0.29, 0.717) is 19.4 Å². The minimum Gasteiger partial charge on any atom is -0.480 e. The lowest BCUT2D eigenvalue weighted by molar-refractivity contribution is -0.141. The Morgan fingerprint density at radius 1 is 1.30 bits per heavy atom. The summed E-state index contributed by atoms with van der Waals surface area (Å²) in [5.41, 5.74) is -1.44. The number of hydrogen-bond donors (Lipinski definition) is 1. The third-order valence-corrected chi connectivity index (χ3v) is 3.48. The highest BCUT2D eigenvalue weighted by atomic mass is 16.4. The van der Waals surface area contributed by atoms with E-state index in [4.69, 9.17) is 5.11 Å². The maximum Gasteiger partial charge on any atom is 0.330 e. The van der Waals surface area contributed by atoms with Gasteiger partial charge >= 0.3 is 11.7 Å². The molecule has 20 heavy (non-hydrogen) atoms. The quantitative estimate of drug-likeness (QED) is 0.731. The topological polar surface area (TPSA) is 102 Å². The van der Waals surface area contributed by atoms with Crippen LogP contribution in [0.3, 0.4) is 0 Å². The number of aryl methyl sites for hydroxylation is 1. The van der Waals surface area contributed by atoms with Gasteiger partial charge in [0.05, 0.1) is 0 Å². The lowest BCUT2D eigenvalue weighted by atomic mass is 10.2. The first-order chi connectivity index (χ1) is 9.34. The van der Waals surface area contributed by atoms with Crippen LogP contribution in [0.2, 0.25) is 0 Å². The second-order valence-electron chi connectivity index (χ2n) is 4.80. The van der Waals surface area contributed by atoms with Crippen LogP contribution < -0.4 is 11.2 Å². The zero-order chi connectivity index (χ0) is 15.0. The van der Waals surface area contributed by atoms with Crippen molar-refractivity contribution in [1.29, 1.82) is 0 Å². The number of carboxylic acid groups (broad SMARTS) is 1. The minimum atomic E-state index is -1.09. The fourth-order valence-electron chi connectivity index (χ4n) is 2.38. The van der Waals surface area contributed by atoms with E-state index >= 15 is 0 Å². The number of rotatable bonds is 2. The van der Waals surface area contributed by atoms with Crippen LogP contribution in [0, 0.1) is 0 Å². The Balaban J connectivity index is 2.47. The molecule has 1 atom stereocenters. The predicted octanol–water partition coefficient (Wildman–Crippen LogP) is -1.23. The molecule has 0 bridgehead atoms. The van der Waals surface area contributed by atoms with Crippen LogP contribution in [0.5, 0.6) is 0 Å². The van der Waals surface area contributed by atoms with Crippen molar-refractivity contribution < 1.29 is 14.7 Å². The standard InChI is InChI=1S/C12H15N3O5/c1-13-6-7(9(16)14(2)12(13)20)10(17)15-5-3-4-8(15)11(18)19/h6,8H,3-5H2,1-2H3,(H,18,19). The molecule has 0 radical (unpaired) electrons. The number of carbonyl (C=O) groups excluding carboxylic acids is 1. The summed E-state index contributed by atoms with van der Waals surface area (Å²) in [6.07, 6.45) is 2.10. The SMILES string of the molecule is Cn1cc(C(=O)N2CCCC2C(=O)O)c(=O)n(C)c1=O. The minimum absolute atomic E-state index is 0.192. The van der Waals surface area contributed by atoms with Gasteiger partial charge in [-0.1, -0.05) is 0 Å². The number of amides is 1. The maximum atomic E-state index is 12.3. The monoisotopic (exact) mass is 281 g/mol. The Labute approximate surface area is 113 Å². The van der Waals surface area contributed by atoms with Crippen molar-refractivity contribution in [3.8, 4) is 0 Å². The first-order valence-electron chi connectivity index (χ1n) is 6.15. The average Bonchev–Trinajstić information content (AvgIpc) is 2.89. The van der Waals surface area contributed by atoms with Crippen molar-refractivity contribution in [2.45, 2.75) is 18.9 Å². The molecule has 2 rings (SSSR count). The molecular weight excluding hydrogens is 266 g/mol. The van der Waals surface area contributed by atoms with E-state index in [-0.39, 0.29) is 5.56 Å². The van der Waals surface area contributed by atoms with Gasteiger partial charge in [-0.05, 0) is 12.8 Å². The first kappa shape index (κ1) is 14.0. The van der Waals surface area contributed by atoms with E-state index in [1.165, 1.54) is 19.0 Å². The van der Waals surface area contributed by atoms with E-state index in [1.54, 1.807) is 0 Å². The Bertz CT molecular complexity index is 687. The molecule has 2 heterocycles. The molecule has 1 saturated heterocycles. The first-order valence-corrected chi connectivity index (χ1v) is 6.15. The summed E-state index contributed by atoms with van der Waals surface area (Å²) >= 11 is 0. The van der Waals surface area contributed by atoms with Crippen LogP contribution in [0.15, 0.2) is 15.8 Å². The van der Waals surface area contributed by atoms with Gasteiger partial charge in [0, 0.05) is 26.8 Å². The number of aromatic nitrogens is 2. The van der Waals surface area contributed by atoms with Crippen molar-refractivity contribution in [3.63, 3.8) is 0 Å². The third kappa shape index (κ3) is 2.13. The highest BCUT2D eigenvalue weighted by molar-refractivity contribution is 5.96. The van der Waals surface area contributed by atoms with Crippen LogP contribution in [0.1, 0.15) is 23.2 Å². The number of carboxylic acids is 1. The van der Waals surface area contributed by atoms with E-state index in [9.17, 15) is 19.2 Å². The summed E-state index contributed by atoms with van der Waals surface area (Å²) in [6.45, 7) is 0.293. The summed E-state index contributed by atoms with van der Waals surface area (Å²) in [6, 6.07) is -0.913. The van der Waals surface area contributed by atoms with Gasteiger partial charge in [0.2, 0.25) is 0 Å². The summed E-state index contributed by atoms with van der Waals surface area (Å²) in [5, 5.41) is 9.07. The van der Waals surface area contributed by atoms with Gasteiger partial charge in [0.1, 0.15) is 11.6 Å². The Morgan fingerprint density at radius 2 is 1.95 bits per heavy atom. The van der Waals surface area contributed by atoms with Crippen molar-refractivity contribution in [3.05, 3.63) is 32.6 Å². The van der Waals surface area contributed by atoms with Crippen molar-refractivity contribution in [2.24, 2.45) is 14.1 Å². The van der Waals surface area contributed by atoms with E-state index < -0.39 is 29.2 Å². The lowest BCUT2D eigenvalue weighted by Gasteiger charge is -2.21. The molecule has 0 saturated carbocycles. The normalized spacial score (nSPS) is 18.3. The van der Waals surface area contributed by atoms with Crippen LogP contribution >= 0.6 is 0 Å². The van der Waals surface area contributed by atoms with Gasteiger partial charge in [-0.25, -0.2) is 9.59 Å². The maximum absolute atomic E-state index is 12.3. The summed E-state index contributed by atoms with van der Waals surface area (Å²) in [4.78, 5) is 48.1. The molecule has 1 aromatic heterocycles. The van der Waals surface area contributed by atoms with Gasteiger partial charge in [-0.3, -0.25) is 14.2 Å². The molecule has 8 heteroatoms. The molecule has 0 spiro atoms. The van der Waals surface area contributed by atoms with Crippen molar-refractivity contribution in [1.82, 2.24) is 14.0 Å². The second-order valence-corrected chi connectivity index (χ2v) is 4.80. The molecule has 1 amide bonds. The van der Waals surface area contributed by atoms with Gasteiger partial charge in [0.15, 0.2) is 0 Å². The van der Waals surface area contributed by atoms with Crippen molar-refractivity contribution >= 4 is 11.9 Å². The van der Waals surface area contributed by atoms with E-state index in [0.717, 1.165) is 15.3 Å². The molecule has 0 aliphatic carbocycles. The summed E-state index contributed by atoms with van der Waals surface area (Å²) in [7, 11) is 2.71. The van der Waals surface area contributed by atoms with Crippen molar-refractivity contribution in [2.75, 3.05) is 6.54 Å². The van der Waals surface area contributed by atoms with Gasteiger partial charge in [-0.15, -0.1) is 0 Å². The van der Waals surface area contributed by atoms with E-state index in [1.807, 2.05) is 0 Å². The number of aliphatic carboxylic acids is 1. The van der Waals surface area contributed by atoms with Crippen LogP contribution in [-0.4, -0.2) is 43.6 Å². The largest absolute Gasteiger partial charge is 0.480 e. The van der Waals surface area contributed by atoms with E-state index in [2.05, 4.69) is 0 Å². The summed E-state index contributed by atoms with van der Waals surface area (Å²) in [5.74, 6) is -1.73. The molecule has 1 fully saturated rings. The number of nitrogens with zero attached hydrogens (tertiary/aromatic N) is 3. The van der Waals surface area contributed by atoms with Crippen LogP contribution in [0.25, 0.3) is 0 Å². The lowest BCUT2D eigenvalue weighted by Crippen LogP contribution is -2.46.